The highest BCUT2D eigenvalue weighted by Gasteiger charge is 2.21. The maximum absolute atomic E-state index is 12.8. The van der Waals surface area contributed by atoms with E-state index in [0.29, 0.717) is 17.7 Å². The van der Waals surface area contributed by atoms with Gasteiger partial charge in [-0.05, 0) is 50.8 Å². The van der Waals surface area contributed by atoms with Crippen LogP contribution in [0.3, 0.4) is 0 Å². The molecule has 0 bridgehead atoms. The number of nitrogens with one attached hydrogen (secondary N) is 2. The Bertz CT molecular complexity index is 977. The van der Waals surface area contributed by atoms with E-state index in [1.807, 2.05) is 56.3 Å². The summed E-state index contributed by atoms with van der Waals surface area (Å²) in [6.07, 6.45) is 1.73. The van der Waals surface area contributed by atoms with Gasteiger partial charge in [-0.15, -0.1) is 0 Å². The number of likely N-dealkylation sites (N-methyl/N-ethyl adjacent to an activating group) is 1. The van der Waals surface area contributed by atoms with E-state index in [4.69, 9.17) is 0 Å². The van der Waals surface area contributed by atoms with Crippen molar-refractivity contribution in [3.8, 4) is 0 Å². The molecule has 0 unspecified atom stereocenters. The summed E-state index contributed by atoms with van der Waals surface area (Å²) >= 11 is 0. The van der Waals surface area contributed by atoms with Gasteiger partial charge in [0.15, 0.2) is 5.69 Å². The minimum atomic E-state index is -0.350. The van der Waals surface area contributed by atoms with Crippen molar-refractivity contribution < 1.29 is 9.59 Å². The maximum atomic E-state index is 12.8. The number of carbonyl (C=O) groups excluding carboxylic acids is 2. The average Bonchev–Trinajstić information content (AvgIpc) is 3.01. The fourth-order valence-electron chi connectivity index (χ4n) is 2.75. The van der Waals surface area contributed by atoms with Crippen LogP contribution in [0.25, 0.3) is 5.52 Å². The molecule has 140 valence electrons. The molecule has 0 aliphatic rings. The van der Waals surface area contributed by atoms with Crippen LogP contribution in [0.5, 0.6) is 0 Å². The molecule has 7 nitrogen and oxygen atoms in total. The molecular weight excluding hydrogens is 342 g/mol. The number of aromatic nitrogens is 2. The zero-order chi connectivity index (χ0) is 19.4. The van der Waals surface area contributed by atoms with Crippen LogP contribution in [0.4, 0.5) is 5.69 Å². The lowest BCUT2D eigenvalue weighted by atomic mass is 10.2. The van der Waals surface area contributed by atoms with Crippen LogP contribution in [0.1, 0.15) is 26.7 Å². The minimum Gasteiger partial charge on any atom is -0.348 e. The lowest BCUT2D eigenvalue weighted by molar-refractivity contribution is 0.0940. The molecule has 0 saturated heterocycles. The number of imidazole rings is 1. The lowest BCUT2D eigenvalue weighted by Crippen LogP contribution is -2.32. The van der Waals surface area contributed by atoms with E-state index in [1.54, 1.807) is 22.7 Å². The predicted octanol–water partition coefficient (Wildman–Crippen LogP) is 2.19. The Kier molecular flexibility index (Phi) is 5.52. The average molecular weight is 365 g/mol. The third-order valence-corrected chi connectivity index (χ3v) is 4.09. The second kappa shape index (κ2) is 8.01. The van der Waals surface area contributed by atoms with E-state index < -0.39 is 0 Å². The summed E-state index contributed by atoms with van der Waals surface area (Å²) in [4.78, 5) is 31.6. The first-order valence-electron chi connectivity index (χ1n) is 8.74. The molecule has 2 N–H and O–H groups in total. The van der Waals surface area contributed by atoms with Crippen molar-refractivity contribution in [2.24, 2.45) is 0 Å². The monoisotopic (exact) mass is 365 g/mol. The third-order valence-electron chi connectivity index (χ3n) is 4.09. The van der Waals surface area contributed by atoms with Gasteiger partial charge in [0, 0.05) is 25.0 Å². The van der Waals surface area contributed by atoms with E-state index in [-0.39, 0.29) is 23.3 Å². The van der Waals surface area contributed by atoms with Crippen LogP contribution >= 0.6 is 0 Å². The third kappa shape index (κ3) is 4.32. The summed E-state index contributed by atoms with van der Waals surface area (Å²) in [5.41, 5.74) is 2.54. The second-order valence-electron chi connectivity index (χ2n) is 6.62. The highest BCUT2D eigenvalue weighted by molar-refractivity contribution is 6.08. The minimum absolute atomic E-state index is 0.193. The Balaban J connectivity index is 1.87. The number of rotatable bonds is 6. The van der Waals surface area contributed by atoms with Gasteiger partial charge >= 0.3 is 0 Å². The molecule has 0 radical (unpaired) electrons. The zero-order valence-electron chi connectivity index (χ0n) is 15.7. The first-order chi connectivity index (χ1) is 13.0. The molecule has 0 aliphatic carbocycles. The van der Waals surface area contributed by atoms with Gasteiger partial charge in [0.25, 0.3) is 11.8 Å². The summed E-state index contributed by atoms with van der Waals surface area (Å²) in [6.45, 7) is 3.17. The van der Waals surface area contributed by atoms with Crippen LogP contribution < -0.4 is 10.6 Å². The van der Waals surface area contributed by atoms with Crippen molar-refractivity contribution in [3.05, 3.63) is 65.7 Å². The molecule has 27 heavy (non-hydrogen) atoms. The number of amides is 2. The van der Waals surface area contributed by atoms with E-state index in [2.05, 4.69) is 15.6 Å². The van der Waals surface area contributed by atoms with Gasteiger partial charge in [-0.25, -0.2) is 4.98 Å². The van der Waals surface area contributed by atoms with Crippen molar-refractivity contribution in [2.75, 3.05) is 32.5 Å². The normalized spacial score (nSPS) is 11.0. The molecule has 7 heteroatoms. The summed E-state index contributed by atoms with van der Waals surface area (Å²) in [7, 11) is 3.87. The number of hydrogen-bond donors (Lipinski definition) is 2. The number of carbonyl (C=O) groups is 2. The number of hydrogen-bond acceptors (Lipinski definition) is 4. The van der Waals surface area contributed by atoms with E-state index in [9.17, 15) is 9.59 Å². The van der Waals surface area contributed by atoms with Crippen molar-refractivity contribution in [2.45, 2.75) is 6.92 Å². The zero-order valence-corrected chi connectivity index (χ0v) is 15.7. The molecule has 1 aromatic carbocycles. The van der Waals surface area contributed by atoms with E-state index >= 15 is 0 Å². The molecule has 3 aromatic rings. The van der Waals surface area contributed by atoms with Crippen molar-refractivity contribution in [3.63, 3.8) is 0 Å². The van der Waals surface area contributed by atoms with Gasteiger partial charge in [-0.3, -0.25) is 14.0 Å². The summed E-state index contributed by atoms with van der Waals surface area (Å²) in [5.74, 6) is -0.469. The standard InChI is InChI=1S/C20H23N5O2/c1-14-7-6-8-15(13-14)22-19(26)17-16-9-4-5-11-25(16)18(23-17)20(27)21-10-12-24(2)3/h4-9,11,13H,10,12H2,1-3H3,(H,21,27)(H,22,26). The van der Waals surface area contributed by atoms with Crippen LogP contribution in [0, 0.1) is 6.92 Å². The van der Waals surface area contributed by atoms with Crippen molar-refractivity contribution in [1.82, 2.24) is 19.6 Å². The topological polar surface area (TPSA) is 78.7 Å². The Labute approximate surface area is 158 Å². The molecule has 0 atom stereocenters. The predicted molar refractivity (Wildman–Crippen MR) is 105 cm³/mol. The van der Waals surface area contributed by atoms with Gasteiger partial charge in [-0.1, -0.05) is 18.2 Å². The highest BCUT2D eigenvalue weighted by atomic mass is 16.2. The molecule has 0 spiro atoms. The quantitative estimate of drug-likeness (QED) is 0.702. The first-order valence-corrected chi connectivity index (χ1v) is 8.74. The fourth-order valence-corrected chi connectivity index (χ4v) is 2.75. The van der Waals surface area contributed by atoms with Gasteiger partial charge in [-0.2, -0.15) is 0 Å². The van der Waals surface area contributed by atoms with Gasteiger partial charge < -0.3 is 15.5 Å². The number of anilines is 1. The van der Waals surface area contributed by atoms with E-state index in [1.165, 1.54) is 0 Å². The lowest BCUT2D eigenvalue weighted by Gasteiger charge is -2.09. The summed E-state index contributed by atoms with van der Waals surface area (Å²) < 4.78 is 1.64. The van der Waals surface area contributed by atoms with Crippen LogP contribution in [0.2, 0.25) is 0 Å². The van der Waals surface area contributed by atoms with Crippen molar-refractivity contribution >= 4 is 23.0 Å². The Morgan fingerprint density at radius 1 is 1.11 bits per heavy atom. The molecule has 3 rings (SSSR count). The molecule has 0 saturated carbocycles. The number of pyridine rings is 1. The molecule has 0 fully saturated rings. The van der Waals surface area contributed by atoms with Crippen molar-refractivity contribution in [1.29, 1.82) is 0 Å². The summed E-state index contributed by atoms with van der Waals surface area (Å²) in [5, 5.41) is 5.68. The highest BCUT2D eigenvalue weighted by Crippen LogP contribution is 2.16. The number of aryl methyl sites for hydroxylation is 1. The summed E-state index contributed by atoms with van der Waals surface area (Å²) in [6, 6.07) is 12.9. The number of fused-ring (bicyclic) bond motifs is 1. The van der Waals surface area contributed by atoms with Gasteiger partial charge in [0.2, 0.25) is 5.82 Å². The number of benzene rings is 1. The Hall–Kier alpha value is -3.19. The molecular formula is C20H23N5O2. The van der Waals surface area contributed by atoms with E-state index in [0.717, 1.165) is 12.1 Å². The molecule has 0 aliphatic heterocycles. The van der Waals surface area contributed by atoms with Crippen LogP contribution in [0.15, 0.2) is 48.7 Å². The SMILES string of the molecule is Cc1cccc(NC(=O)c2nc(C(=O)NCCN(C)C)n3ccccc23)c1. The molecule has 2 aromatic heterocycles. The molecule has 2 heterocycles. The maximum Gasteiger partial charge on any atom is 0.287 e. The fraction of sp³-hybridized carbons (Fsp3) is 0.250. The smallest absolute Gasteiger partial charge is 0.287 e. The van der Waals surface area contributed by atoms with Crippen LogP contribution in [-0.4, -0.2) is 53.3 Å². The largest absolute Gasteiger partial charge is 0.348 e. The van der Waals surface area contributed by atoms with Gasteiger partial charge in [0.1, 0.15) is 0 Å². The Morgan fingerprint density at radius 2 is 1.93 bits per heavy atom. The second-order valence-corrected chi connectivity index (χ2v) is 6.62. The van der Waals surface area contributed by atoms with Crippen LogP contribution in [-0.2, 0) is 0 Å². The first kappa shape index (κ1) is 18.6. The number of nitrogens with zero attached hydrogens (tertiary/aromatic N) is 3. The Morgan fingerprint density at radius 3 is 2.67 bits per heavy atom. The molecule has 2 amide bonds. The van der Waals surface area contributed by atoms with Gasteiger partial charge in [0.05, 0.1) is 5.52 Å².